The van der Waals surface area contributed by atoms with Crippen molar-refractivity contribution in [2.45, 2.75) is 39.3 Å². The summed E-state index contributed by atoms with van der Waals surface area (Å²) in [4.78, 5) is 12.1. The van der Waals surface area contributed by atoms with E-state index in [1.807, 2.05) is 6.92 Å². The molecule has 1 aromatic carbocycles. The van der Waals surface area contributed by atoms with E-state index in [0.717, 1.165) is 5.56 Å². The number of aryl methyl sites for hydroxylation is 1. The Morgan fingerprint density at radius 2 is 2.06 bits per heavy atom. The third kappa shape index (κ3) is 3.20. The van der Waals surface area contributed by atoms with Crippen LogP contribution < -0.4 is 11.1 Å². The SMILES string of the molecule is Cc1ccc(N)cc1C(=O)NC(C)(C)C(C)O. The molecule has 0 fully saturated rings. The highest BCUT2D eigenvalue weighted by molar-refractivity contribution is 5.96. The van der Waals surface area contributed by atoms with Crippen molar-refractivity contribution < 1.29 is 9.90 Å². The van der Waals surface area contributed by atoms with E-state index >= 15 is 0 Å². The molecule has 0 bridgehead atoms. The number of aliphatic hydroxyl groups excluding tert-OH is 1. The molecule has 1 amide bonds. The molecule has 1 aromatic rings. The van der Waals surface area contributed by atoms with Crippen LogP contribution in [-0.2, 0) is 0 Å². The maximum atomic E-state index is 12.1. The summed E-state index contributed by atoms with van der Waals surface area (Å²) in [5.41, 5.74) is 6.94. The highest BCUT2D eigenvalue weighted by Crippen LogP contribution is 2.15. The Labute approximate surface area is 102 Å². The van der Waals surface area contributed by atoms with E-state index in [2.05, 4.69) is 5.32 Å². The molecule has 0 aromatic heterocycles. The van der Waals surface area contributed by atoms with E-state index in [4.69, 9.17) is 5.73 Å². The second-order valence-corrected chi connectivity index (χ2v) is 4.93. The van der Waals surface area contributed by atoms with Crippen LogP contribution in [0.5, 0.6) is 0 Å². The van der Waals surface area contributed by atoms with Crippen LogP contribution in [-0.4, -0.2) is 22.7 Å². The number of hydrogen-bond acceptors (Lipinski definition) is 3. The summed E-state index contributed by atoms with van der Waals surface area (Å²) in [6, 6.07) is 5.20. The first-order valence-electron chi connectivity index (χ1n) is 5.61. The van der Waals surface area contributed by atoms with Crippen LogP contribution >= 0.6 is 0 Å². The lowest BCUT2D eigenvalue weighted by Crippen LogP contribution is -2.51. The van der Waals surface area contributed by atoms with Gasteiger partial charge in [0.25, 0.3) is 5.91 Å². The molecule has 0 saturated heterocycles. The van der Waals surface area contributed by atoms with Gasteiger partial charge >= 0.3 is 0 Å². The summed E-state index contributed by atoms with van der Waals surface area (Å²) in [5, 5.41) is 12.4. The predicted molar refractivity (Wildman–Crippen MR) is 68.8 cm³/mol. The first kappa shape index (κ1) is 13.5. The van der Waals surface area contributed by atoms with Crippen molar-refractivity contribution in [1.29, 1.82) is 0 Å². The third-order valence-corrected chi connectivity index (χ3v) is 2.99. The van der Waals surface area contributed by atoms with Gasteiger partial charge in [0.2, 0.25) is 0 Å². The van der Waals surface area contributed by atoms with Gasteiger partial charge in [0, 0.05) is 11.3 Å². The number of nitrogens with one attached hydrogen (secondary N) is 1. The number of benzene rings is 1. The fraction of sp³-hybridized carbons (Fsp3) is 0.462. The van der Waals surface area contributed by atoms with Crippen molar-refractivity contribution in [3.63, 3.8) is 0 Å². The van der Waals surface area contributed by atoms with Gasteiger partial charge in [-0.2, -0.15) is 0 Å². The van der Waals surface area contributed by atoms with E-state index in [0.29, 0.717) is 11.3 Å². The molecule has 94 valence electrons. The van der Waals surface area contributed by atoms with Crippen LogP contribution in [0.25, 0.3) is 0 Å². The third-order valence-electron chi connectivity index (χ3n) is 2.99. The number of aliphatic hydroxyl groups is 1. The zero-order valence-electron chi connectivity index (χ0n) is 10.7. The maximum absolute atomic E-state index is 12.1. The lowest BCUT2D eigenvalue weighted by Gasteiger charge is -2.29. The van der Waals surface area contributed by atoms with Crippen molar-refractivity contribution >= 4 is 11.6 Å². The lowest BCUT2D eigenvalue weighted by molar-refractivity contribution is 0.0709. The molecule has 1 atom stereocenters. The first-order valence-corrected chi connectivity index (χ1v) is 5.61. The number of carbonyl (C=O) groups excluding carboxylic acids is 1. The monoisotopic (exact) mass is 236 g/mol. The highest BCUT2D eigenvalue weighted by Gasteiger charge is 2.26. The van der Waals surface area contributed by atoms with Crippen molar-refractivity contribution in [2.75, 3.05) is 5.73 Å². The number of carbonyl (C=O) groups is 1. The van der Waals surface area contributed by atoms with Crippen LogP contribution in [0, 0.1) is 6.92 Å². The molecule has 4 N–H and O–H groups in total. The van der Waals surface area contributed by atoms with Crippen molar-refractivity contribution in [1.82, 2.24) is 5.32 Å². The smallest absolute Gasteiger partial charge is 0.252 e. The van der Waals surface area contributed by atoms with Gasteiger partial charge in [0.15, 0.2) is 0 Å². The molecule has 17 heavy (non-hydrogen) atoms. The number of nitrogens with two attached hydrogens (primary N) is 1. The minimum absolute atomic E-state index is 0.222. The average Bonchev–Trinajstić information content (AvgIpc) is 2.20. The van der Waals surface area contributed by atoms with E-state index in [1.165, 1.54) is 0 Å². The molecule has 0 saturated carbocycles. The van der Waals surface area contributed by atoms with E-state index in [1.54, 1.807) is 39.0 Å². The minimum atomic E-state index is -0.672. The van der Waals surface area contributed by atoms with E-state index < -0.39 is 11.6 Å². The van der Waals surface area contributed by atoms with Crippen molar-refractivity contribution in [2.24, 2.45) is 0 Å². The van der Waals surface area contributed by atoms with Crippen LogP contribution in [0.1, 0.15) is 36.7 Å². The standard InChI is InChI=1S/C13H20N2O2/c1-8-5-6-10(14)7-11(8)12(17)15-13(3,4)9(2)16/h5-7,9,16H,14H2,1-4H3,(H,15,17). The maximum Gasteiger partial charge on any atom is 0.252 e. The molecule has 0 aliphatic heterocycles. The van der Waals surface area contributed by atoms with Crippen LogP contribution in [0.4, 0.5) is 5.69 Å². The Morgan fingerprint density at radius 3 is 2.59 bits per heavy atom. The second kappa shape index (κ2) is 4.75. The van der Waals surface area contributed by atoms with Gasteiger partial charge < -0.3 is 16.2 Å². The predicted octanol–water partition coefficient (Wildman–Crippen LogP) is 1.47. The first-order chi connectivity index (χ1) is 7.74. The summed E-state index contributed by atoms with van der Waals surface area (Å²) in [7, 11) is 0. The average molecular weight is 236 g/mol. The van der Waals surface area contributed by atoms with Gasteiger partial charge in [-0.25, -0.2) is 0 Å². The number of nitrogen functional groups attached to an aromatic ring is 1. The zero-order chi connectivity index (χ0) is 13.2. The zero-order valence-corrected chi connectivity index (χ0v) is 10.7. The summed E-state index contributed by atoms with van der Waals surface area (Å²) in [6.07, 6.45) is -0.632. The van der Waals surface area contributed by atoms with Crippen LogP contribution in [0.15, 0.2) is 18.2 Å². The van der Waals surface area contributed by atoms with E-state index in [-0.39, 0.29) is 5.91 Å². The number of hydrogen-bond donors (Lipinski definition) is 3. The minimum Gasteiger partial charge on any atom is -0.399 e. The molecule has 1 unspecified atom stereocenters. The normalized spacial score (nSPS) is 13.2. The van der Waals surface area contributed by atoms with Gasteiger partial charge in [0.1, 0.15) is 0 Å². The Bertz CT molecular complexity index is 425. The molecule has 0 aliphatic carbocycles. The fourth-order valence-corrected chi connectivity index (χ4v) is 1.35. The van der Waals surface area contributed by atoms with Gasteiger partial charge in [-0.05, 0) is 45.4 Å². The van der Waals surface area contributed by atoms with E-state index in [9.17, 15) is 9.90 Å². The van der Waals surface area contributed by atoms with Crippen LogP contribution in [0.2, 0.25) is 0 Å². The Balaban J connectivity index is 2.94. The van der Waals surface area contributed by atoms with Gasteiger partial charge in [-0.1, -0.05) is 6.07 Å². The molecule has 4 heteroatoms. The molecule has 4 nitrogen and oxygen atoms in total. The highest BCUT2D eigenvalue weighted by atomic mass is 16.3. The molecular formula is C13H20N2O2. The van der Waals surface area contributed by atoms with Gasteiger partial charge in [-0.15, -0.1) is 0 Å². The molecule has 1 rings (SSSR count). The number of amides is 1. The van der Waals surface area contributed by atoms with Crippen LogP contribution in [0.3, 0.4) is 0 Å². The summed E-state index contributed by atoms with van der Waals surface area (Å²) < 4.78 is 0. The van der Waals surface area contributed by atoms with Gasteiger partial charge in [0.05, 0.1) is 11.6 Å². The molecular weight excluding hydrogens is 216 g/mol. The quantitative estimate of drug-likeness (QED) is 0.696. The van der Waals surface area contributed by atoms with Crippen molar-refractivity contribution in [3.8, 4) is 0 Å². The summed E-state index contributed by atoms with van der Waals surface area (Å²) in [6.45, 7) is 7.05. The fourth-order valence-electron chi connectivity index (χ4n) is 1.35. The Kier molecular flexibility index (Phi) is 3.78. The molecule has 0 spiro atoms. The van der Waals surface area contributed by atoms with Gasteiger partial charge in [-0.3, -0.25) is 4.79 Å². The molecule has 0 radical (unpaired) electrons. The summed E-state index contributed by atoms with van der Waals surface area (Å²) in [5.74, 6) is -0.222. The Morgan fingerprint density at radius 1 is 1.47 bits per heavy atom. The number of anilines is 1. The largest absolute Gasteiger partial charge is 0.399 e. The number of rotatable bonds is 3. The van der Waals surface area contributed by atoms with Crippen molar-refractivity contribution in [3.05, 3.63) is 29.3 Å². The lowest BCUT2D eigenvalue weighted by atomic mass is 9.97. The Hall–Kier alpha value is -1.55. The molecule has 0 aliphatic rings. The topological polar surface area (TPSA) is 75.4 Å². The molecule has 0 heterocycles. The summed E-state index contributed by atoms with van der Waals surface area (Å²) >= 11 is 0. The second-order valence-electron chi connectivity index (χ2n) is 4.93.